The molecule has 166 valence electrons. The Morgan fingerprint density at radius 1 is 0.969 bits per heavy atom. The van der Waals surface area contributed by atoms with Gasteiger partial charge in [-0.25, -0.2) is 13.6 Å². The smallest absolute Gasteiger partial charge is 0.321 e. The summed E-state index contributed by atoms with van der Waals surface area (Å²) in [6.45, 7) is 0. The highest BCUT2D eigenvalue weighted by Gasteiger charge is 2.20. The molecule has 0 unspecified atom stereocenters. The molecule has 1 aliphatic rings. The molecule has 0 bridgehead atoms. The quantitative estimate of drug-likeness (QED) is 0.545. The van der Waals surface area contributed by atoms with E-state index in [0.29, 0.717) is 22.2 Å². The summed E-state index contributed by atoms with van der Waals surface area (Å²) in [7, 11) is 0. The molecule has 10 heteroatoms. The number of hydrogen-bond donors (Lipinski definition) is 2. The first-order valence-corrected chi connectivity index (χ1v) is 11.2. The minimum absolute atomic E-state index is 0.0686. The molecule has 1 fully saturated rings. The number of amides is 3. The zero-order chi connectivity index (χ0) is 22.5. The fourth-order valence-corrected chi connectivity index (χ4v) is 4.31. The SMILES string of the molecule is O=C(CSc1nnc(-c2ccc(F)cc2)n1-c1ccc(F)cc1)NC(=O)NC1CCCC1. The van der Waals surface area contributed by atoms with Gasteiger partial charge in [-0.05, 0) is 61.4 Å². The van der Waals surface area contributed by atoms with Crippen LogP contribution in [-0.4, -0.2) is 38.5 Å². The number of nitrogens with one attached hydrogen (secondary N) is 2. The van der Waals surface area contributed by atoms with Gasteiger partial charge >= 0.3 is 6.03 Å². The van der Waals surface area contributed by atoms with E-state index in [1.807, 2.05) is 0 Å². The van der Waals surface area contributed by atoms with Crippen molar-refractivity contribution < 1.29 is 18.4 Å². The summed E-state index contributed by atoms with van der Waals surface area (Å²) in [4.78, 5) is 24.3. The normalized spacial score (nSPS) is 13.8. The maximum absolute atomic E-state index is 13.4. The number of thioether (sulfide) groups is 1. The van der Waals surface area contributed by atoms with E-state index >= 15 is 0 Å². The zero-order valence-electron chi connectivity index (χ0n) is 17.1. The van der Waals surface area contributed by atoms with Crippen molar-refractivity contribution in [2.24, 2.45) is 0 Å². The number of carbonyl (C=O) groups excluding carboxylic acids is 2. The molecule has 3 aromatic rings. The lowest BCUT2D eigenvalue weighted by Crippen LogP contribution is -2.44. The van der Waals surface area contributed by atoms with Gasteiger partial charge in [-0.1, -0.05) is 24.6 Å². The van der Waals surface area contributed by atoms with Crippen molar-refractivity contribution in [2.75, 3.05) is 5.75 Å². The number of aromatic nitrogens is 3. The fraction of sp³-hybridized carbons (Fsp3) is 0.273. The maximum atomic E-state index is 13.4. The number of hydrogen-bond acceptors (Lipinski definition) is 5. The minimum atomic E-state index is -0.505. The Bertz CT molecular complexity index is 1100. The molecule has 1 aliphatic carbocycles. The number of nitrogens with zero attached hydrogens (tertiary/aromatic N) is 3. The molecule has 3 amide bonds. The van der Waals surface area contributed by atoms with Crippen LogP contribution in [0.1, 0.15) is 25.7 Å². The molecule has 0 atom stereocenters. The molecule has 32 heavy (non-hydrogen) atoms. The monoisotopic (exact) mass is 457 g/mol. The minimum Gasteiger partial charge on any atom is -0.335 e. The summed E-state index contributed by atoms with van der Waals surface area (Å²) < 4.78 is 28.4. The average Bonchev–Trinajstić information content (AvgIpc) is 3.43. The van der Waals surface area contributed by atoms with Crippen LogP contribution in [0.25, 0.3) is 17.1 Å². The predicted molar refractivity (Wildman–Crippen MR) is 116 cm³/mol. The van der Waals surface area contributed by atoms with Gasteiger partial charge in [0.15, 0.2) is 11.0 Å². The molecule has 0 spiro atoms. The van der Waals surface area contributed by atoms with Crippen LogP contribution in [0.3, 0.4) is 0 Å². The number of halogens is 2. The van der Waals surface area contributed by atoms with E-state index in [2.05, 4.69) is 20.8 Å². The van der Waals surface area contributed by atoms with Crippen molar-refractivity contribution in [2.45, 2.75) is 36.9 Å². The van der Waals surface area contributed by atoms with Crippen LogP contribution in [0.2, 0.25) is 0 Å². The number of imide groups is 1. The van der Waals surface area contributed by atoms with Gasteiger partial charge in [0.25, 0.3) is 0 Å². The molecular formula is C22H21F2N5O2S. The Labute approximate surface area is 187 Å². The van der Waals surface area contributed by atoms with E-state index in [4.69, 9.17) is 0 Å². The molecule has 2 N–H and O–H groups in total. The zero-order valence-corrected chi connectivity index (χ0v) is 17.9. The number of benzene rings is 2. The summed E-state index contributed by atoms with van der Waals surface area (Å²) in [6.07, 6.45) is 3.99. The van der Waals surface area contributed by atoms with Crippen molar-refractivity contribution >= 4 is 23.7 Å². The largest absolute Gasteiger partial charge is 0.335 e. The van der Waals surface area contributed by atoms with Crippen molar-refractivity contribution in [1.29, 1.82) is 0 Å². The molecule has 4 rings (SSSR count). The van der Waals surface area contributed by atoms with Crippen LogP contribution in [-0.2, 0) is 4.79 Å². The Balaban J connectivity index is 1.50. The number of carbonyl (C=O) groups is 2. The molecule has 2 aromatic carbocycles. The van der Waals surface area contributed by atoms with Gasteiger partial charge in [-0.15, -0.1) is 10.2 Å². The summed E-state index contributed by atoms with van der Waals surface area (Å²) in [5, 5.41) is 13.9. The summed E-state index contributed by atoms with van der Waals surface area (Å²) in [5.41, 5.74) is 1.19. The third-order valence-electron chi connectivity index (χ3n) is 5.10. The Morgan fingerprint density at radius 2 is 1.59 bits per heavy atom. The number of rotatable bonds is 6. The van der Waals surface area contributed by atoms with Gasteiger partial charge in [0.05, 0.1) is 5.75 Å². The van der Waals surface area contributed by atoms with Gasteiger partial charge < -0.3 is 5.32 Å². The average molecular weight is 458 g/mol. The third kappa shape index (κ3) is 5.31. The molecule has 1 saturated carbocycles. The second-order valence-electron chi connectivity index (χ2n) is 7.42. The molecular weight excluding hydrogens is 436 g/mol. The third-order valence-corrected chi connectivity index (χ3v) is 6.03. The number of urea groups is 1. The van der Waals surface area contributed by atoms with Gasteiger partial charge in [0.1, 0.15) is 11.6 Å². The van der Waals surface area contributed by atoms with E-state index < -0.39 is 17.8 Å². The van der Waals surface area contributed by atoms with E-state index in [1.54, 1.807) is 28.8 Å². The highest BCUT2D eigenvalue weighted by atomic mass is 32.2. The summed E-state index contributed by atoms with van der Waals surface area (Å²) in [6, 6.07) is 11.1. The Hall–Kier alpha value is -3.27. The highest BCUT2D eigenvalue weighted by Crippen LogP contribution is 2.28. The van der Waals surface area contributed by atoms with Crippen LogP contribution in [0.15, 0.2) is 53.7 Å². The maximum Gasteiger partial charge on any atom is 0.321 e. The molecule has 1 aromatic heterocycles. The lowest BCUT2D eigenvalue weighted by molar-refractivity contribution is -0.117. The molecule has 0 radical (unpaired) electrons. The lowest BCUT2D eigenvalue weighted by atomic mass is 10.2. The fourth-order valence-electron chi connectivity index (χ4n) is 3.56. The van der Waals surface area contributed by atoms with Crippen LogP contribution < -0.4 is 10.6 Å². The van der Waals surface area contributed by atoms with Gasteiger partial charge in [-0.2, -0.15) is 0 Å². The molecule has 7 nitrogen and oxygen atoms in total. The van der Waals surface area contributed by atoms with E-state index in [0.717, 1.165) is 37.4 Å². The summed E-state index contributed by atoms with van der Waals surface area (Å²) >= 11 is 1.09. The van der Waals surface area contributed by atoms with Crippen molar-refractivity contribution in [1.82, 2.24) is 25.4 Å². The lowest BCUT2D eigenvalue weighted by Gasteiger charge is -2.12. The van der Waals surface area contributed by atoms with E-state index in [9.17, 15) is 18.4 Å². The van der Waals surface area contributed by atoms with Crippen LogP contribution in [0, 0.1) is 11.6 Å². The first-order chi connectivity index (χ1) is 15.5. The Kier molecular flexibility index (Phi) is 6.79. The van der Waals surface area contributed by atoms with Crippen LogP contribution in [0.5, 0.6) is 0 Å². The molecule has 0 saturated heterocycles. The van der Waals surface area contributed by atoms with Gasteiger partial charge in [-0.3, -0.25) is 14.7 Å². The Morgan fingerprint density at radius 3 is 2.25 bits per heavy atom. The van der Waals surface area contributed by atoms with E-state index in [1.165, 1.54) is 24.3 Å². The van der Waals surface area contributed by atoms with Gasteiger partial charge in [0, 0.05) is 17.3 Å². The topological polar surface area (TPSA) is 88.9 Å². The summed E-state index contributed by atoms with van der Waals surface area (Å²) in [5.74, 6) is -0.905. The predicted octanol–water partition coefficient (Wildman–Crippen LogP) is 4.07. The van der Waals surface area contributed by atoms with Gasteiger partial charge in [0.2, 0.25) is 5.91 Å². The van der Waals surface area contributed by atoms with Crippen LogP contribution >= 0.6 is 11.8 Å². The first-order valence-electron chi connectivity index (χ1n) is 10.2. The molecule has 1 heterocycles. The van der Waals surface area contributed by atoms with Crippen LogP contribution in [0.4, 0.5) is 13.6 Å². The molecule has 0 aliphatic heterocycles. The van der Waals surface area contributed by atoms with Crippen molar-refractivity contribution in [3.63, 3.8) is 0 Å². The first kappa shape index (κ1) is 21.9. The second-order valence-corrected chi connectivity index (χ2v) is 8.36. The second kappa shape index (κ2) is 9.90. The van der Waals surface area contributed by atoms with Crippen molar-refractivity contribution in [3.05, 3.63) is 60.2 Å². The van der Waals surface area contributed by atoms with Crippen molar-refractivity contribution in [3.8, 4) is 17.1 Å². The standard InChI is InChI=1S/C22H21F2N5O2S/c23-15-7-5-14(6-8-15)20-27-28-22(29(20)18-11-9-16(24)10-12-18)32-13-19(30)26-21(31)25-17-3-1-2-4-17/h5-12,17H,1-4,13H2,(H2,25,26,30,31). The van der Waals surface area contributed by atoms with E-state index in [-0.39, 0.29) is 17.6 Å². The highest BCUT2D eigenvalue weighted by molar-refractivity contribution is 7.99.